The number of nitrogens with one attached hydrogen (secondary N) is 2. The average Bonchev–Trinajstić information content (AvgIpc) is 3.25. The highest BCUT2D eigenvalue weighted by atomic mass is 32.1. The van der Waals surface area contributed by atoms with Crippen molar-refractivity contribution in [1.29, 1.82) is 0 Å². The van der Waals surface area contributed by atoms with Crippen molar-refractivity contribution in [2.75, 3.05) is 5.32 Å². The summed E-state index contributed by atoms with van der Waals surface area (Å²) in [5.41, 5.74) is 1.86. The van der Waals surface area contributed by atoms with Crippen LogP contribution < -0.4 is 10.6 Å². The van der Waals surface area contributed by atoms with Crippen molar-refractivity contribution in [2.24, 2.45) is 0 Å². The van der Waals surface area contributed by atoms with E-state index >= 15 is 0 Å². The standard InChI is InChI=1S/C19H18N2O3S/c1-12-11-16(21-18(22)15-9-6-10-24-15)25-17(12)19(23)20-13(2)14-7-4-3-5-8-14/h3-11,13H,1-2H3,(H,20,23)(H,21,22)/t13-/m0/s1. The molecule has 0 spiro atoms. The summed E-state index contributed by atoms with van der Waals surface area (Å²) in [4.78, 5) is 25.2. The lowest BCUT2D eigenvalue weighted by Crippen LogP contribution is -2.26. The predicted octanol–water partition coefficient (Wildman–Crippen LogP) is 4.39. The number of hydrogen-bond donors (Lipinski definition) is 2. The second kappa shape index (κ2) is 7.36. The van der Waals surface area contributed by atoms with E-state index in [9.17, 15) is 9.59 Å². The minimum absolute atomic E-state index is 0.101. The highest BCUT2D eigenvalue weighted by Gasteiger charge is 2.18. The van der Waals surface area contributed by atoms with Gasteiger partial charge in [0.05, 0.1) is 22.2 Å². The summed E-state index contributed by atoms with van der Waals surface area (Å²) in [5, 5.41) is 6.35. The minimum Gasteiger partial charge on any atom is -0.459 e. The summed E-state index contributed by atoms with van der Waals surface area (Å²) >= 11 is 1.24. The minimum atomic E-state index is -0.337. The Bertz CT molecular complexity index is 869. The van der Waals surface area contributed by atoms with Crippen LogP contribution in [0.25, 0.3) is 0 Å². The molecule has 3 aromatic rings. The quantitative estimate of drug-likeness (QED) is 0.714. The Balaban J connectivity index is 1.69. The van der Waals surface area contributed by atoms with Gasteiger partial charge in [-0.3, -0.25) is 9.59 Å². The van der Waals surface area contributed by atoms with Crippen LogP contribution in [0.5, 0.6) is 0 Å². The van der Waals surface area contributed by atoms with Gasteiger partial charge in [0.1, 0.15) is 0 Å². The van der Waals surface area contributed by atoms with Gasteiger partial charge in [-0.05, 0) is 43.2 Å². The van der Waals surface area contributed by atoms with Gasteiger partial charge in [-0.15, -0.1) is 11.3 Å². The highest BCUT2D eigenvalue weighted by Crippen LogP contribution is 2.27. The number of amides is 2. The zero-order chi connectivity index (χ0) is 17.8. The lowest BCUT2D eigenvalue weighted by molar-refractivity contribution is 0.0942. The van der Waals surface area contributed by atoms with Gasteiger partial charge in [-0.1, -0.05) is 30.3 Å². The number of carbonyl (C=O) groups excluding carboxylic acids is 2. The van der Waals surface area contributed by atoms with Crippen LogP contribution in [-0.2, 0) is 0 Å². The van der Waals surface area contributed by atoms with Crippen molar-refractivity contribution < 1.29 is 14.0 Å². The second-order valence-corrected chi connectivity index (χ2v) is 6.71. The maximum atomic E-state index is 12.5. The largest absolute Gasteiger partial charge is 0.459 e. The van der Waals surface area contributed by atoms with E-state index in [-0.39, 0.29) is 23.6 Å². The molecule has 1 atom stereocenters. The molecule has 5 nitrogen and oxygen atoms in total. The van der Waals surface area contributed by atoms with Crippen molar-refractivity contribution in [2.45, 2.75) is 19.9 Å². The van der Waals surface area contributed by atoms with Crippen LogP contribution in [0.1, 0.15) is 44.3 Å². The molecule has 2 N–H and O–H groups in total. The molecule has 25 heavy (non-hydrogen) atoms. The highest BCUT2D eigenvalue weighted by molar-refractivity contribution is 7.18. The van der Waals surface area contributed by atoms with Crippen LogP contribution in [0, 0.1) is 6.92 Å². The molecule has 1 aromatic carbocycles. The Labute approximate surface area is 149 Å². The number of carbonyl (C=O) groups is 2. The van der Waals surface area contributed by atoms with Crippen LogP contribution in [0.15, 0.2) is 59.2 Å². The SMILES string of the molecule is Cc1cc(NC(=O)c2ccco2)sc1C(=O)N[C@@H](C)c1ccccc1. The molecule has 0 saturated heterocycles. The van der Waals surface area contributed by atoms with E-state index in [0.29, 0.717) is 9.88 Å². The molecule has 2 heterocycles. The van der Waals surface area contributed by atoms with Crippen molar-refractivity contribution in [1.82, 2.24) is 5.32 Å². The Hall–Kier alpha value is -2.86. The van der Waals surface area contributed by atoms with Crippen molar-refractivity contribution in [3.8, 4) is 0 Å². The molecule has 2 amide bonds. The molecule has 0 unspecified atom stereocenters. The molecule has 0 bridgehead atoms. The molecule has 0 radical (unpaired) electrons. The monoisotopic (exact) mass is 354 g/mol. The summed E-state index contributed by atoms with van der Waals surface area (Å²) in [5.74, 6) is -0.261. The number of anilines is 1. The van der Waals surface area contributed by atoms with Gasteiger partial charge in [0.2, 0.25) is 0 Å². The van der Waals surface area contributed by atoms with Gasteiger partial charge in [-0.2, -0.15) is 0 Å². The maximum Gasteiger partial charge on any atom is 0.291 e. The molecule has 0 fully saturated rings. The van der Waals surface area contributed by atoms with Gasteiger partial charge >= 0.3 is 0 Å². The van der Waals surface area contributed by atoms with Crippen molar-refractivity contribution >= 4 is 28.2 Å². The first kappa shape index (κ1) is 17.0. The Morgan fingerprint density at radius 3 is 2.52 bits per heavy atom. The third-order valence-electron chi connectivity index (χ3n) is 3.75. The number of thiophene rings is 1. The molecule has 0 saturated carbocycles. The van der Waals surface area contributed by atoms with Gasteiger partial charge in [-0.25, -0.2) is 0 Å². The number of furan rings is 1. The van der Waals surface area contributed by atoms with Crippen LogP contribution in [0.2, 0.25) is 0 Å². The predicted molar refractivity (Wildman–Crippen MR) is 98.0 cm³/mol. The van der Waals surface area contributed by atoms with Gasteiger partial charge in [0.25, 0.3) is 11.8 Å². The number of rotatable bonds is 5. The zero-order valence-corrected chi connectivity index (χ0v) is 14.7. The first-order valence-corrected chi connectivity index (χ1v) is 8.67. The van der Waals surface area contributed by atoms with E-state index in [2.05, 4.69) is 10.6 Å². The maximum absolute atomic E-state index is 12.5. The van der Waals surface area contributed by atoms with Crippen LogP contribution >= 0.6 is 11.3 Å². The van der Waals surface area contributed by atoms with Crippen LogP contribution in [0.3, 0.4) is 0 Å². The topological polar surface area (TPSA) is 71.3 Å². The van der Waals surface area contributed by atoms with E-state index in [0.717, 1.165) is 11.1 Å². The van der Waals surface area contributed by atoms with E-state index in [4.69, 9.17) is 4.42 Å². The van der Waals surface area contributed by atoms with Crippen LogP contribution in [-0.4, -0.2) is 11.8 Å². The number of aryl methyl sites for hydroxylation is 1. The lowest BCUT2D eigenvalue weighted by atomic mass is 10.1. The van der Waals surface area contributed by atoms with E-state index in [1.807, 2.05) is 44.2 Å². The molecule has 0 aliphatic heterocycles. The Morgan fingerprint density at radius 1 is 1.08 bits per heavy atom. The second-order valence-electron chi connectivity index (χ2n) is 5.66. The number of benzene rings is 1. The Morgan fingerprint density at radius 2 is 1.84 bits per heavy atom. The molecule has 0 aliphatic carbocycles. The molecular formula is C19H18N2O3S. The average molecular weight is 354 g/mol. The van der Waals surface area contributed by atoms with Crippen LogP contribution in [0.4, 0.5) is 5.00 Å². The fourth-order valence-corrected chi connectivity index (χ4v) is 3.41. The summed E-state index contributed by atoms with van der Waals surface area (Å²) < 4.78 is 5.07. The van der Waals surface area contributed by atoms with E-state index in [1.54, 1.807) is 18.2 Å². The van der Waals surface area contributed by atoms with Gasteiger partial charge in [0, 0.05) is 0 Å². The van der Waals surface area contributed by atoms with Crippen molar-refractivity contribution in [3.05, 3.63) is 76.6 Å². The zero-order valence-electron chi connectivity index (χ0n) is 13.9. The normalized spacial score (nSPS) is 11.8. The third-order valence-corrected chi connectivity index (χ3v) is 4.90. The number of hydrogen-bond acceptors (Lipinski definition) is 4. The summed E-state index contributed by atoms with van der Waals surface area (Å²) in [7, 11) is 0. The first-order valence-electron chi connectivity index (χ1n) is 7.85. The fraction of sp³-hybridized carbons (Fsp3) is 0.158. The molecule has 3 rings (SSSR count). The third kappa shape index (κ3) is 3.97. The molecule has 2 aromatic heterocycles. The molecular weight excluding hydrogens is 336 g/mol. The van der Waals surface area contributed by atoms with Crippen molar-refractivity contribution in [3.63, 3.8) is 0 Å². The summed E-state index contributed by atoms with van der Waals surface area (Å²) in [6.45, 7) is 3.79. The summed E-state index contributed by atoms with van der Waals surface area (Å²) in [6, 6.07) is 14.7. The lowest BCUT2D eigenvalue weighted by Gasteiger charge is -2.13. The summed E-state index contributed by atoms with van der Waals surface area (Å²) in [6.07, 6.45) is 1.44. The smallest absolute Gasteiger partial charge is 0.291 e. The van der Waals surface area contributed by atoms with E-state index < -0.39 is 0 Å². The van der Waals surface area contributed by atoms with Gasteiger partial charge < -0.3 is 15.1 Å². The fourth-order valence-electron chi connectivity index (χ4n) is 2.44. The Kier molecular flexibility index (Phi) is 5.00. The van der Waals surface area contributed by atoms with Gasteiger partial charge in [0.15, 0.2) is 5.76 Å². The molecule has 0 aliphatic rings. The molecule has 6 heteroatoms. The molecule has 128 valence electrons. The van der Waals surface area contributed by atoms with E-state index in [1.165, 1.54) is 17.6 Å². The first-order chi connectivity index (χ1) is 12.0.